The van der Waals surface area contributed by atoms with Crippen molar-refractivity contribution in [2.24, 2.45) is 10.2 Å². The number of ether oxygens (including phenoxy) is 2. The second-order valence-corrected chi connectivity index (χ2v) is 10.8. The molecule has 0 aromatic heterocycles. The lowest BCUT2D eigenvalue weighted by molar-refractivity contribution is 0.392. The third-order valence-electron chi connectivity index (χ3n) is 7.86. The Kier molecular flexibility index (Phi) is 15.9. The van der Waals surface area contributed by atoms with Crippen molar-refractivity contribution in [2.45, 2.75) is 115 Å². The number of benzene rings is 2. The summed E-state index contributed by atoms with van der Waals surface area (Å²) in [4.78, 5) is 0. The predicted molar refractivity (Wildman–Crippen MR) is 162 cm³/mol. The highest BCUT2D eigenvalue weighted by molar-refractivity contribution is 5.38. The molecule has 0 heterocycles. The molecule has 0 saturated heterocycles. The Bertz CT molecular complexity index is 1000. The van der Waals surface area contributed by atoms with Crippen molar-refractivity contribution in [3.05, 3.63) is 59.7 Å². The molecular formula is C34H51N3O2. The van der Waals surface area contributed by atoms with E-state index < -0.39 is 5.41 Å². The van der Waals surface area contributed by atoms with E-state index in [0.717, 1.165) is 62.0 Å². The highest BCUT2D eigenvalue weighted by atomic mass is 16.5. The number of nitrogens with zero attached hydrogens (tertiary/aromatic N) is 3. The Morgan fingerprint density at radius 3 is 2.05 bits per heavy atom. The Hall–Kier alpha value is -2.87. The molecule has 5 nitrogen and oxygen atoms in total. The summed E-state index contributed by atoms with van der Waals surface area (Å²) in [5.74, 6) is 1.70. The highest BCUT2D eigenvalue weighted by Crippen LogP contribution is 2.37. The van der Waals surface area contributed by atoms with Gasteiger partial charge in [0.15, 0.2) is 0 Å². The third-order valence-corrected chi connectivity index (χ3v) is 7.86. The molecule has 39 heavy (non-hydrogen) atoms. The molecule has 2 atom stereocenters. The van der Waals surface area contributed by atoms with Crippen LogP contribution in [0.2, 0.25) is 0 Å². The van der Waals surface area contributed by atoms with Crippen LogP contribution in [0, 0.1) is 11.3 Å². The van der Waals surface area contributed by atoms with Gasteiger partial charge in [0.25, 0.3) is 0 Å². The number of unbranched alkanes of at least 4 members (excludes halogenated alkanes) is 8. The van der Waals surface area contributed by atoms with E-state index in [1.165, 1.54) is 56.9 Å². The normalized spacial score (nSPS) is 13.6. The zero-order valence-electron chi connectivity index (χ0n) is 25.0. The Morgan fingerprint density at radius 2 is 1.41 bits per heavy atom. The van der Waals surface area contributed by atoms with Crippen LogP contribution in [0.1, 0.15) is 108 Å². The molecule has 2 unspecified atom stereocenters. The number of methoxy groups -OCH3 is 2. The SMILES string of the molecule is CCCCCCCCCCCC(C#N)(CCCC(CCc1cccc(OC)c1)N=NC)c1cccc(OC)c1. The zero-order valence-corrected chi connectivity index (χ0v) is 25.0. The van der Waals surface area contributed by atoms with Crippen LogP contribution in [0.15, 0.2) is 58.8 Å². The first kappa shape index (κ1) is 32.3. The Balaban J connectivity index is 1.98. The van der Waals surface area contributed by atoms with Crippen LogP contribution in [-0.4, -0.2) is 27.3 Å². The van der Waals surface area contributed by atoms with E-state index in [-0.39, 0.29) is 6.04 Å². The summed E-state index contributed by atoms with van der Waals surface area (Å²) in [7, 11) is 5.14. The van der Waals surface area contributed by atoms with Gasteiger partial charge in [0.05, 0.1) is 31.7 Å². The molecule has 0 aliphatic rings. The summed E-state index contributed by atoms with van der Waals surface area (Å²) < 4.78 is 10.9. The monoisotopic (exact) mass is 533 g/mol. The van der Waals surface area contributed by atoms with Crippen molar-refractivity contribution in [1.29, 1.82) is 5.26 Å². The molecule has 0 fully saturated rings. The average molecular weight is 534 g/mol. The molecule has 5 heteroatoms. The lowest BCUT2D eigenvalue weighted by Gasteiger charge is -2.28. The van der Waals surface area contributed by atoms with E-state index in [9.17, 15) is 5.26 Å². The average Bonchev–Trinajstić information content (AvgIpc) is 2.98. The van der Waals surface area contributed by atoms with Crippen LogP contribution in [0.3, 0.4) is 0 Å². The molecule has 0 aliphatic heterocycles. The van der Waals surface area contributed by atoms with Gasteiger partial charge in [0.1, 0.15) is 11.5 Å². The second-order valence-electron chi connectivity index (χ2n) is 10.8. The van der Waals surface area contributed by atoms with Gasteiger partial charge >= 0.3 is 0 Å². The smallest absolute Gasteiger partial charge is 0.119 e. The third kappa shape index (κ3) is 11.8. The summed E-state index contributed by atoms with van der Waals surface area (Å²) in [6, 6.07) is 19.3. The largest absolute Gasteiger partial charge is 0.497 e. The van der Waals surface area contributed by atoms with Crippen LogP contribution in [0.5, 0.6) is 11.5 Å². The van der Waals surface area contributed by atoms with Crippen LogP contribution in [0.4, 0.5) is 0 Å². The summed E-state index contributed by atoms with van der Waals surface area (Å²) in [6.45, 7) is 2.26. The van der Waals surface area contributed by atoms with Crippen molar-refractivity contribution >= 4 is 0 Å². The fourth-order valence-electron chi connectivity index (χ4n) is 5.47. The molecule has 0 aliphatic carbocycles. The van der Waals surface area contributed by atoms with Crippen molar-refractivity contribution in [3.8, 4) is 17.6 Å². The first-order valence-electron chi connectivity index (χ1n) is 15.1. The minimum absolute atomic E-state index is 0.149. The predicted octanol–water partition coefficient (Wildman–Crippen LogP) is 9.64. The fraction of sp³-hybridized carbons (Fsp3) is 0.618. The molecule has 0 N–H and O–H groups in total. The van der Waals surface area contributed by atoms with Crippen molar-refractivity contribution in [1.82, 2.24) is 0 Å². The molecule has 0 saturated carbocycles. The van der Waals surface area contributed by atoms with Gasteiger partial charge in [0, 0.05) is 7.05 Å². The second kappa shape index (κ2) is 19.2. The number of rotatable bonds is 21. The van der Waals surface area contributed by atoms with E-state index in [2.05, 4.69) is 47.5 Å². The van der Waals surface area contributed by atoms with Crippen LogP contribution in [0.25, 0.3) is 0 Å². The maximum Gasteiger partial charge on any atom is 0.119 e. The molecule has 0 radical (unpaired) electrons. The van der Waals surface area contributed by atoms with Crippen molar-refractivity contribution in [2.75, 3.05) is 21.3 Å². The van der Waals surface area contributed by atoms with E-state index in [0.29, 0.717) is 0 Å². The number of hydrogen-bond acceptors (Lipinski definition) is 5. The van der Waals surface area contributed by atoms with Crippen LogP contribution < -0.4 is 9.47 Å². The maximum atomic E-state index is 10.5. The van der Waals surface area contributed by atoms with Gasteiger partial charge in [-0.25, -0.2) is 0 Å². The van der Waals surface area contributed by atoms with Gasteiger partial charge in [-0.15, -0.1) is 0 Å². The van der Waals surface area contributed by atoms with Gasteiger partial charge in [-0.05, 0) is 73.9 Å². The molecule has 2 aromatic rings. The minimum atomic E-state index is -0.504. The van der Waals surface area contributed by atoms with Crippen molar-refractivity contribution < 1.29 is 9.47 Å². The van der Waals surface area contributed by atoms with E-state index >= 15 is 0 Å². The molecule has 214 valence electrons. The maximum absolute atomic E-state index is 10.5. The Labute approximate surface area is 238 Å². The number of nitriles is 1. The molecule has 2 aromatic carbocycles. The fourth-order valence-corrected chi connectivity index (χ4v) is 5.47. The van der Waals surface area contributed by atoms with Gasteiger partial charge in [-0.1, -0.05) is 89.0 Å². The molecular weight excluding hydrogens is 482 g/mol. The van der Waals surface area contributed by atoms with Gasteiger partial charge < -0.3 is 9.47 Å². The number of hydrogen-bond donors (Lipinski definition) is 0. The molecule has 0 bridgehead atoms. The number of aryl methyl sites for hydroxylation is 1. The van der Waals surface area contributed by atoms with Crippen LogP contribution in [-0.2, 0) is 11.8 Å². The van der Waals surface area contributed by atoms with E-state index in [1.807, 2.05) is 24.3 Å². The first-order chi connectivity index (χ1) is 19.1. The van der Waals surface area contributed by atoms with Crippen LogP contribution >= 0.6 is 0 Å². The first-order valence-corrected chi connectivity index (χ1v) is 15.1. The van der Waals surface area contributed by atoms with Gasteiger partial charge in [0.2, 0.25) is 0 Å². The van der Waals surface area contributed by atoms with E-state index in [4.69, 9.17) is 9.47 Å². The Morgan fingerprint density at radius 1 is 0.795 bits per heavy atom. The summed E-state index contributed by atoms with van der Waals surface area (Å²) in [5, 5.41) is 19.2. The highest BCUT2D eigenvalue weighted by Gasteiger charge is 2.32. The van der Waals surface area contributed by atoms with Crippen molar-refractivity contribution in [3.63, 3.8) is 0 Å². The molecule has 0 amide bonds. The summed E-state index contributed by atoms with van der Waals surface area (Å²) >= 11 is 0. The molecule has 0 spiro atoms. The zero-order chi connectivity index (χ0) is 28.2. The number of azo groups is 1. The van der Waals surface area contributed by atoms with Gasteiger partial charge in [-0.3, -0.25) is 0 Å². The lowest BCUT2D eigenvalue weighted by Crippen LogP contribution is -2.25. The summed E-state index contributed by atoms with van der Waals surface area (Å²) in [6.07, 6.45) is 17.0. The molecule has 2 rings (SSSR count). The summed E-state index contributed by atoms with van der Waals surface area (Å²) in [5.41, 5.74) is 1.82. The lowest BCUT2D eigenvalue weighted by atomic mass is 9.73. The standard InChI is InChI=1S/C34H51N3O2/c1-5-6-7-8-9-10-11-12-13-24-34(28-35,30-18-15-21-33(27-30)39-4)25-16-19-31(37-36-2)23-22-29-17-14-20-32(26-29)38-3/h14-15,17-18,20-21,26-27,31H,5-13,16,19,22-25H2,1-4H3. The van der Waals surface area contributed by atoms with E-state index in [1.54, 1.807) is 21.3 Å². The minimum Gasteiger partial charge on any atom is -0.497 e. The topological polar surface area (TPSA) is 67.0 Å². The van der Waals surface area contributed by atoms with Gasteiger partial charge in [-0.2, -0.15) is 15.5 Å². The quantitative estimate of drug-likeness (QED) is 0.118.